The summed E-state index contributed by atoms with van der Waals surface area (Å²) in [6, 6.07) is 0. The van der Waals surface area contributed by atoms with Crippen molar-refractivity contribution in [3.63, 3.8) is 0 Å². The van der Waals surface area contributed by atoms with Gasteiger partial charge in [0.1, 0.15) is 5.25 Å². The van der Waals surface area contributed by atoms with Gasteiger partial charge in [0.05, 0.1) is 5.75 Å². The summed E-state index contributed by atoms with van der Waals surface area (Å²) in [6.07, 6.45) is 2.70. The van der Waals surface area contributed by atoms with Gasteiger partial charge >= 0.3 is 0 Å². The number of nitrogens with two attached hydrogens (primary N) is 1. The molecule has 0 radical (unpaired) electrons. The van der Waals surface area contributed by atoms with Crippen LogP contribution in [-0.4, -0.2) is 30.9 Å². The van der Waals surface area contributed by atoms with Crippen molar-refractivity contribution in [1.29, 1.82) is 0 Å². The summed E-state index contributed by atoms with van der Waals surface area (Å²) in [7, 11) is -3.11. The van der Waals surface area contributed by atoms with Gasteiger partial charge in [0.25, 0.3) is 0 Å². The number of sulfone groups is 1. The maximum absolute atomic E-state index is 11.8. The quantitative estimate of drug-likeness (QED) is 0.817. The molecule has 0 aromatic carbocycles. The molecular weight excluding hydrogens is 230 g/mol. The SMILES string of the molecule is NCCc1noc(C2CCCCS2(=O)=O)n1. The van der Waals surface area contributed by atoms with E-state index < -0.39 is 15.1 Å². The van der Waals surface area contributed by atoms with Gasteiger partial charge in [-0.25, -0.2) is 8.42 Å². The van der Waals surface area contributed by atoms with Gasteiger partial charge in [-0.05, 0) is 19.4 Å². The van der Waals surface area contributed by atoms with Crippen molar-refractivity contribution in [2.45, 2.75) is 30.9 Å². The van der Waals surface area contributed by atoms with E-state index in [2.05, 4.69) is 10.1 Å². The lowest BCUT2D eigenvalue weighted by molar-refractivity contribution is 0.359. The fraction of sp³-hybridized carbons (Fsp3) is 0.778. The Labute approximate surface area is 94.1 Å². The number of rotatable bonds is 3. The molecule has 0 aliphatic carbocycles. The Morgan fingerprint density at radius 1 is 1.44 bits per heavy atom. The van der Waals surface area contributed by atoms with Crippen LogP contribution in [0, 0.1) is 0 Å². The van der Waals surface area contributed by atoms with Crippen LogP contribution in [0.1, 0.15) is 36.2 Å². The number of hydrogen-bond acceptors (Lipinski definition) is 6. The van der Waals surface area contributed by atoms with Crippen LogP contribution in [0.15, 0.2) is 4.52 Å². The van der Waals surface area contributed by atoms with Crippen LogP contribution in [0.4, 0.5) is 0 Å². The van der Waals surface area contributed by atoms with E-state index in [1.807, 2.05) is 0 Å². The zero-order valence-corrected chi connectivity index (χ0v) is 9.74. The van der Waals surface area contributed by atoms with Crippen molar-refractivity contribution >= 4 is 9.84 Å². The van der Waals surface area contributed by atoms with E-state index in [9.17, 15) is 8.42 Å². The molecule has 16 heavy (non-hydrogen) atoms. The van der Waals surface area contributed by atoms with E-state index in [-0.39, 0.29) is 11.6 Å². The first kappa shape index (κ1) is 11.5. The summed E-state index contributed by atoms with van der Waals surface area (Å²) >= 11 is 0. The number of nitrogens with zero attached hydrogens (tertiary/aromatic N) is 2. The maximum Gasteiger partial charge on any atom is 0.244 e. The van der Waals surface area contributed by atoms with Crippen molar-refractivity contribution in [3.8, 4) is 0 Å². The molecule has 1 atom stereocenters. The Bertz CT molecular complexity index is 454. The molecule has 1 aliphatic heterocycles. The molecule has 2 rings (SSSR count). The third-order valence-corrected chi connectivity index (χ3v) is 4.87. The lowest BCUT2D eigenvalue weighted by Gasteiger charge is -2.18. The van der Waals surface area contributed by atoms with Gasteiger partial charge in [-0.1, -0.05) is 11.6 Å². The standard InChI is InChI=1S/C9H15N3O3S/c10-5-4-8-11-9(15-12-8)7-3-1-2-6-16(7,13)14/h7H,1-6,10H2. The highest BCUT2D eigenvalue weighted by Crippen LogP contribution is 2.32. The molecule has 2 N–H and O–H groups in total. The van der Waals surface area contributed by atoms with Crippen LogP contribution in [0.3, 0.4) is 0 Å². The monoisotopic (exact) mass is 245 g/mol. The van der Waals surface area contributed by atoms with Crippen LogP contribution in [0.25, 0.3) is 0 Å². The molecule has 7 heteroatoms. The molecule has 6 nitrogen and oxygen atoms in total. The summed E-state index contributed by atoms with van der Waals surface area (Å²) < 4.78 is 28.6. The molecule has 90 valence electrons. The lowest BCUT2D eigenvalue weighted by atomic mass is 10.2. The second kappa shape index (κ2) is 4.50. The minimum absolute atomic E-state index is 0.215. The summed E-state index contributed by atoms with van der Waals surface area (Å²) in [5.74, 6) is 0.924. The fourth-order valence-electron chi connectivity index (χ4n) is 1.86. The third kappa shape index (κ3) is 2.25. The average molecular weight is 245 g/mol. The van der Waals surface area contributed by atoms with Gasteiger partial charge in [0.2, 0.25) is 5.89 Å². The molecule has 1 aromatic heterocycles. The van der Waals surface area contributed by atoms with E-state index >= 15 is 0 Å². The zero-order chi connectivity index (χ0) is 11.6. The van der Waals surface area contributed by atoms with Crippen LogP contribution in [-0.2, 0) is 16.3 Å². The minimum Gasteiger partial charge on any atom is -0.338 e. The van der Waals surface area contributed by atoms with Crippen LogP contribution in [0.2, 0.25) is 0 Å². The van der Waals surface area contributed by atoms with Crippen LogP contribution in [0.5, 0.6) is 0 Å². The lowest BCUT2D eigenvalue weighted by Crippen LogP contribution is -2.21. The van der Waals surface area contributed by atoms with Crippen molar-refractivity contribution in [2.24, 2.45) is 5.73 Å². The van der Waals surface area contributed by atoms with Gasteiger partial charge in [-0.15, -0.1) is 0 Å². The van der Waals surface area contributed by atoms with Crippen molar-refractivity contribution in [3.05, 3.63) is 11.7 Å². The summed E-state index contributed by atoms with van der Waals surface area (Å²) in [4.78, 5) is 4.08. The third-order valence-electron chi connectivity index (χ3n) is 2.71. The Morgan fingerprint density at radius 2 is 2.25 bits per heavy atom. The first-order valence-corrected chi connectivity index (χ1v) is 7.09. The van der Waals surface area contributed by atoms with Gasteiger partial charge in [0, 0.05) is 6.42 Å². The first-order valence-electron chi connectivity index (χ1n) is 5.37. The van der Waals surface area contributed by atoms with Crippen molar-refractivity contribution in [1.82, 2.24) is 10.1 Å². The van der Waals surface area contributed by atoms with Gasteiger partial charge in [0.15, 0.2) is 15.7 Å². The minimum atomic E-state index is -3.11. The molecule has 0 bridgehead atoms. The summed E-state index contributed by atoms with van der Waals surface area (Å²) in [5, 5.41) is 3.11. The van der Waals surface area contributed by atoms with Gasteiger partial charge in [-0.2, -0.15) is 4.98 Å². The summed E-state index contributed by atoms with van der Waals surface area (Å²) in [6.45, 7) is 0.427. The average Bonchev–Trinajstić information content (AvgIpc) is 2.66. The van der Waals surface area contributed by atoms with Crippen molar-refractivity contribution in [2.75, 3.05) is 12.3 Å². The van der Waals surface area contributed by atoms with E-state index in [1.54, 1.807) is 0 Å². The molecule has 0 spiro atoms. The molecular formula is C9H15N3O3S. The van der Waals surface area contributed by atoms with E-state index in [0.717, 1.165) is 12.8 Å². The second-order valence-corrected chi connectivity index (χ2v) is 6.24. The Kier molecular flexibility index (Phi) is 3.25. The van der Waals surface area contributed by atoms with Gasteiger partial charge in [-0.3, -0.25) is 0 Å². The predicted octanol–water partition coefficient (Wildman–Crippen LogP) is 0.211. The number of aromatic nitrogens is 2. The van der Waals surface area contributed by atoms with Crippen LogP contribution >= 0.6 is 0 Å². The molecule has 1 aliphatic rings. The molecule has 1 unspecified atom stereocenters. The molecule has 1 saturated heterocycles. The fourth-order valence-corrected chi connectivity index (χ4v) is 3.68. The molecule has 1 aromatic rings. The topological polar surface area (TPSA) is 99.1 Å². The van der Waals surface area contributed by atoms with E-state index in [0.29, 0.717) is 25.2 Å². The smallest absolute Gasteiger partial charge is 0.244 e. The Hall–Kier alpha value is -0.950. The predicted molar refractivity (Wildman–Crippen MR) is 57.4 cm³/mol. The molecule has 2 heterocycles. The second-order valence-electron chi connectivity index (χ2n) is 3.94. The van der Waals surface area contributed by atoms with Crippen LogP contribution < -0.4 is 5.73 Å². The van der Waals surface area contributed by atoms with E-state index in [4.69, 9.17) is 10.3 Å². The van der Waals surface area contributed by atoms with Gasteiger partial charge < -0.3 is 10.3 Å². The Balaban J connectivity index is 2.22. The summed E-state index contributed by atoms with van der Waals surface area (Å²) in [5.41, 5.74) is 5.36. The van der Waals surface area contributed by atoms with E-state index in [1.165, 1.54) is 0 Å². The highest BCUT2D eigenvalue weighted by atomic mass is 32.2. The normalized spacial score (nSPS) is 24.4. The maximum atomic E-state index is 11.8. The Morgan fingerprint density at radius 3 is 2.94 bits per heavy atom. The molecule has 0 saturated carbocycles. The highest BCUT2D eigenvalue weighted by Gasteiger charge is 2.34. The first-order chi connectivity index (χ1) is 7.63. The largest absolute Gasteiger partial charge is 0.338 e. The number of hydrogen-bond donors (Lipinski definition) is 1. The molecule has 0 amide bonds. The molecule has 1 fully saturated rings. The van der Waals surface area contributed by atoms with Crippen molar-refractivity contribution < 1.29 is 12.9 Å². The zero-order valence-electron chi connectivity index (χ0n) is 8.92. The highest BCUT2D eigenvalue weighted by molar-refractivity contribution is 7.91.